The summed E-state index contributed by atoms with van der Waals surface area (Å²) in [4.78, 5) is 0. The van der Waals surface area contributed by atoms with Crippen molar-refractivity contribution >= 4 is 11.6 Å². The molecule has 2 rings (SSSR count). The fourth-order valence-electron chi connectivity index (χ4n) is 2.00. The highest BCUT2D eigenvalue weighted by atomic mass is 35.5. The summed E-state index contributed by atoms with van der Waals surface area (Å²) in [7, 11) is 0. The lowest BCUT2D eigenvalue weighted by atomic mass is 10.0. The molecule has 0 radical (unpaired) electrons. The van der Waals surface area contributed by atoms with E-state index in [1.807, 2.05) is 30.3 Å². The molecule has 0 unspecified atom stereocenters. The number of nitrogens with one attached hydrogen (secondary N) is 1. The van der Waals surface area contributed by atoms with Crippen LogP contribution in [0.1, 0.15) is 19.3 Å². The summed E-state index contributed by atoms with van der Waals surface area (Å²) < 4.78 is 5.61. The summed E-state index contributed by atoms with van der Waals surface area (Å²) in [6, 6.07) is 9.94. The van der Waals surface area contributed by atoms with Gasteiger partial charge in [0.15, 0.2) is 0 Å². The van der Waals surface area contributed by atoms with Crippen molar-refractivity contribution in [1.29, 1.82) is 0 Å². The molecule has 1 saturated carbocycles. The molecular weight excluding hydrogens is 234 g/mol. The van der Waals surface area contributed by atoms with Gasteiger partial charge in [-0.15, -0.1) is 11.6 Å². The zero-order valence-electron chi connectivity index (χ0n) is 10.1. The highest BCUT2D eigenvalue weighted by molar-refractivity contribution is 6.17. The molecule has 1 fully saturated rings. The largest absolute Gasteiger partial charge is 0.492 e. The molecule has 1 aliphatic carbocycles. The highest BCUT2D eigenvalue weighted by Gasteiger charge is 2.40. The van der Waals surface area contributed by atoms with Crippen LogP contribution in [0.4, 0.5) is 0 Å². The molecule has 1 aromatic rings. The summed E-state index contributed by atoms with van der Waals surface area (Å²) in [6.45, 7) is 2.71. The fourth-order valence-corrected chi connectivity index (χ4v) is 2.40. The van der Waals surface area contributed by atoms with Crippen molar-refractivity contribution in [3.8, 4) is 5.75 Å². The van der Waals surface area contributed by atoms with Crippen molar-refractivity contribution in [3.05, 3.63) is 30.3 Å². The Hall–Kier alpha value is -0.730. The van der Waals surface area contributed by atoms with E-state index in [-0.39, 0.29) is 0 Å². The normalized spacial score (nSPS) is 16.8. The first-order valence-electron chi connectivity index (χ1n) is 6.29. The monoisotopic (exact) mass is 253 g/mol. The quantitative estimate of drug-likeness (QED) is 0.568. The van der Waals surface area contributed by atoms with Gasteiger partial charge in [0.25, 0.3) is 0 Å². The van der Waals surface area contributed by atoms with Gasteiger partial charge < -0.3 is 10.1 Å². The number of hydrogen-bond acceptors (Lipinski definition) is 2. The smallest absolute Gasteiger partial charge is 0.119 e. The number of halogens is 1. The molecule has 0 heterocycles. The van der Waals surface area contributed by atoms with Gasteiger partial charge in [-0.2, -0.15) is 0 Å². The molecule has 1 aliphatic rings. The average Bonchev–Trinajstić information content (AvgIpc) is 3.11. The van der Waals surface area contributed by atoms with Gasteiger partial charge in [-0.05, 0) is 36.8 Å². The van der Waals surface area contributed by atoms with Crippen LogP contribution >= 0.6 is 11.6 Å². The summed E-state index contributed by atoms with van der Waals surface area (Å²) in [6.07, 6.45) is 3.79. The molecule has 0 atom stereocenters. The maximum Gasteiger partial charge on any atom is 0.119 e. The molecule has 0 aromatic heterocycles. The lowest BCUT2D eigenvalue weighted by Crippen LogP contribution is -2.28. The third-order valence-electron chi connectivity index (χ3n) is 3.37. The summed E-state index contributed by atoms with van der Waals surface area (Å²) >= 11 is 5.79. The predicted molar refractivity (Wildman–Crippen MR) is 71.8 cm³/mol. The minimum absolute atomic E-state index is 0.508. The molecule has 0 aliphatic heterocycles. The number of benzene rings is 1. The molecular formula is C14H20ClNO. The Balaban J connectivity index is 1.55. The second-order valence-corrected chi connectivity index (χ2v) is 5.16. The van der Waals surface area contributed by atoms with E-state index in [0.29, 0.717) is 5.41 Å². The van der Waals surface area contributed by atoms with Gasteiger partial charge in [-0.3, -0.25) is 0 Å². The van der Waals surface area contributed by atoms with E-state index in [1.54, 1.807) is 0 Å². The topological polar surface area (TPSA) is 21.3 Å². The zero-order valence-corrected chi connectivity index (χ0v) is 10.9. The Morgan fingerprint density at radius 3 is 2.65 bits per heavy atom. The first-order chi connectivity index (χ1) is 8.35. The fraction of sp³-hybridized carbons (Fsp3) is 0.571. The lowest BCUT2D eigenvalue weighted by molar-refractivity contribution is 0.305. The molecule has 2 nitrogen and oxygen atoms in total. The number of rotatable bonds is 8. The van der Waals surface area contributed by atoms with Gasteiger partial charge in [-0.1, -0.05) is 18.2 Å². The van der Waals surface area contributed by atoms with Crippen LogP contribution in [-0.4, -0.2) is 25.6 Å². The van der Waals surface area contributed by atoms with E-state index < -0.39 is 0 Å². The van der Waals surface area contributed by atoms with Gasteiger partial charge in [0.05, 0.1) is 0 Å². The van der Waals surface area contributed by atoms with E-state index >= 15 is 0 Å². The first kappa shape index (κ1) is 12.7. The molecule has 0 bridgehead atoms. The molecule has 1 aromatic carbocycles. The van der Waals surface area contributed by atoms with Gasteiger partial charge >= 0.3 is 0 Å². The van der Waals surface area contributed by atoms with Crippen LogP contribution in [0, 0.1) is 5.41 Å². The maximum absolute atomic E-state index is 5.79. The summed E-state index contributed by atoms with van der Waals surface area (Å²) in [5.74, 6) is 1.72. The van der Waals surface area contributed by atoms with Crippen molar-refractivity contribution in [2.45, 2.75) is 19.3 Å². The van der Waals surface area contributed by atoms with E-state index in [4.69, 9.17) is 16.3 Å². The van der Waals surface area contributed by atoms with Crippen LogP contribution in [0.2, 0.25) is 0 Å². The minimum Gasteiger partial charge on any atom is -0.492 e. The van der Waals surface area contributed by atoms with E-state index in [2.05, 4.69) is 5.32 Å². The van der Waals surface area contributed by atoms with Crippen molar-refractivity contribution in [1.82, 2.24) is 5.32 Å². The minimum atomic E-state index is 0.508. The van der Waals surface area contributed by atoms with Crippen molar-refractivity contribution < 1.29 is 4.74 Å². The van der Waals surface area contributed by atoms with Gasteiger partial charge in [0.2, 0.25) is 0 Å². The number of para-hydroxylation sites is 1. The van der Waals surface area contributed by atoms with Crippen LogP contribution in [-0.2, 0) is 0 Å². The zero-order chi connectivity index (χ0) is 12.0. The molecule has 0 amide bonds. The molecule has 0 spiro atoms. The Labute approximate surface area is 108 Å². The van der Waals surface area contributed by atoms with Crippen LogP contribution in [0.5, 0.6) is 5.75 Å². The van der Waals surface area contributed by atoms with Crippen LogP contribution in [0.3, 0.4) is 0 Å². The van der Waals surface area contributed by atoms with E-state index in [1.165, 1.54) is 12.8 Å². The number of hydrogen-bond donors (Lipinski definition) is 1. The highest BCUT2D eigenvalue weighted by Crippen LogP contribution is 2.48. The predicted octanol–water partition coefficient (Wildman–Crippen LogP) is 3.06. The van der Waals surface area contributed by atoms with Gasteiger partial charge in [0.1, 0.15) is 12.4 Å². The van der Waals surface area contributed by atoms with Crippen molar-refractivity contribution in [2.24, 2.45) is 5.41 Å². The Kier molecular flexibility index (Phi) is 4.69. The van der Waals surface area contributed by atoms with E-state index in [9.17, 15) is 0 Å². The van der Waals surface area contributed by atoms with E-state index in [0.717, 1.165) is 37.7 Å². The van der Waals surface area contributed by atoms with Crippen molar-refractivity contribution in [2.75, 3.05) is 25.6 Å². The van der Waals surface area contributed by atoms with Gasteiger partial charge in [-0.25, -0.2) is 0 Å². The van der Waals surface area contributed by atoms with Crippen molar-refractivity contribution in [3.63, 3.8) is 0 Å². The summed E-state index contributed by atoms with van der Waals surface area (Å²) in [5.41, 5.74) is 0.508. The van der Waals surface area contributed by atoms with Crippen LogP contribution < -0.4 is 10.1 Å². The molecule has 17 heavy (non-hydrogen) atoms. The lowest BCUT2D eigenvalue weighted by Gasteiger charge is -2.14. The second-order valence-electron chi connectivity index (χ2n) is 4.78. The van der Waals surface area contributed by atoms with Crippen LogP contribution in [0.15, 0.2) is 30.3 Å². The first-order valence-corrected chi connectivity index (χ1v) is 6.83. The number of ether oxygens (including phenoxy) is 1. The number of alkyl halides is 1. The summed E-state index contributed by atoms with van der Waals surface area (Å²) in [5, 5.41) is 3.46. The third-order valence-corrected chi connectivity index (χ3v) is 3.56. The average molecular weight is 254 g/mol. The maximum atomic E-state index is 5.79. The Morgan fingerprint density at radius 2 is 2.00 bits per heavy atom. The molecule has 3 heteroatoms. The third kappa shape index (κ3) is 4.21. The van der Waals surface area contributed by atoms with Gasteiger partial charge in [0, 0.05) is 19.0 Å². The Morgan fingerprint density at radius 1 is 1.24 bits per heavy atom. The Bertz CT molecular complexity index is 324. The molecule has 0 saturated heterocycles. The van der Waals surface area contributed by atoms with Crippen LogP contribution in [0.25, 0.3) is 0 Å². The SMILES string of the molecule is ClCCC1(CNCCOc2ccccc2)CC1. The standard InChI is InChI=1S/C14H20ClNO/c15-9-8-14(6-7-14)12-16-10-11-17-13-4-2-1-3-5-13/h1-5,16H,6-12H2. The molecule has 94 valence electrons. The second kappa shape index (κ2) is 6.27. The molecule has 1 N–H and O–H groups in total.